The predicted molar refractivity (Wildman–Crippen MR) is 95.0 cm³/mol. The lowest BCUT2D eigenvalue weighted by molar-refractivity contribution is -0.123. The van der Waals surface area contributed by atoms with Gasteiger partial charge < -0.3 is 0 Å². The lowest BCUT2D eigenvalue weighted by Gasteiger charge is -2.12. The van der Waals surface area contributed by atoms with Crippen molar-refractivity contribution < 1.29 is 9.59 Å². The highest BCUT2D eigenvalue weighted by Crippen LogP contribution is 2.33. The average molecular weight is 427 g/mol. The molecule has 106 valence electrons. The topological polar surface area (TPSA) is 37.4 Å². The predicted octanol–water partition coefficient (Wildman–Crippen LogP) is 4.59. The van der Waals surface area contributed by atoms with Crippen molar-refractivity contribution in [3.8, 4) is 0 Å². The lowest BCUT2D eigenvalue weighted by Crippen LogP contribution is -2.27. The monoisotopic (exact) mass is 427 g/mol. The largest absolute Gasteiger partial charge is 0.293 e. The molecule has 1 aromatic carbocycles. The van der Waals surface area contributed by atoms with Crippen LogP contribution in [0.2, 0.25) is 0 Å². The molecule has 2 amide bonds. The van der Waals surface area contributed by atoms with Gasteiger partial charge in [-0.05, 0) is 80.5 Å². The second-order valence-corrected chi connectivity index (χ2v) is 7.47. The van der Waals surface area contributed by atoms with Crippen LogP contribution in [0.4, 0.5) is 4.79 Å². The minimum absolute atomic E-state index is 0.208. The molecule has 0 aliphatic carbocycles. The van der Waals surface area contributed by atoms with E-state index in [1.165, 1.54) is 4.90 Å². The molecule has 1 aliphatic rings. The number of hydrogen-bond donors (Lipinski definition) is 0. The van der Waals surface area contributed by atoms with Crippen LogP contribution < -0.4 is 0 Å². The summed E-state index contributed by atoms with van der Waals surface area (Å²) < 4.78 is 1.13. The maximum Gasteiger partial charge on any atom is 0.293 e. The molecule has 0 radical (unpaired) electrons. The number of carbonyl (C=O) groups excluding carboxylic acids is 2. The first-order valence-electron chi connectivity index (χ1n) is 6.15. The molecule has 1 aliphatic heterocycles. The number of thiophene rings is 1. The molecule has 2 heterocycles. The van der Waals surface area contributed by atoms with Gasteiger partial charge in [0.1, 0.15) is 0 Å². The Kier molecular flexibility index (Phi) is 4.46. The maximum absolute atomic E-state index is 12.3. The normalized spacial score (nSPS) is 17.0. The summed E-state index contributed by atoms with van der Waals surface area (Å²) in [5.41, 5.74) is 1.91. The zero-order valence-corrected chi connectivity index (χ0v) is 14.6. The summed E-state index contributed by atoms with van der Waals surface area (Å²) in [6.45, 7) is 0.322. The minimum atomic E-state index is -0.213. The quantitative estimate of drug-likeness (QED) is 0.531. The van der Waals surface area contributed by atoms with E-state index in [1.807, 2.05) is 41.1 Å². The van der Waals surface area contributed by atoms with Crippen LogP contribution in [0.5, 0.6) is 0 Å². The molecular formula is C15H10INO2S2. The first-order chi connectivity index (χ1) is 10.1. The van der Waals surface area contributed by atoms with Gasteiger partial charge in [0.25, 0.3) is 11.1 Å². The average Bonchev–Trinajstić information content (AvgIpc) is 3.06. The highest BCUT2D eigenvalue weighted by Gasteiger charge is 2.34. The maximum atomic E-state index is 12.3. The van der Waals surface area contributed by atoms with Crippen LogP contribution in [-0.4, -0.2) is 16.0 Å². The summed E-state index contributed by atoms with van der Waals surface area (Å²) in [4.78, 5) is 26.1. The highest BCUT2D eigenvalue weighted by molar-refractivity contribution is 14.1. The third-order valence-corrected chi connectivity index (χ3v) is 5.30. The smallest absolute Gasteiger partial charge is 0.268 e. The van der Waals surface area contributed by atoms with Gasteiger partial charge >= 0.3 is 0 Å². The summed E-state index contributed by atoms with van der Waals surface area (Å²) in [5, 5.41) is 3.69. The molecule has 1 aromatic heterocycles. The van der Waals surface area contributed by atoms with E-state index in [0.29, 0.717) is 11.4 Å². The van der Waals surface area contributed by atoms with Crippen molar-refractivity contribution in [2.24, 2.45) is 0 Å². The van der Waals surface area contributed by atoms with Crippen LogP contribution in [0, 0.1) is 3.57 Å². The molecule has 6 heteroatoms. The van der Waals surface area contributed by atoms with Crippen LogP contribution >= 0.6 is 45.7 Å². The fraction of sp³-hybridized carbons (Fsp3) is 0.0667. The molecule has 0 spiro atoms. The molecule has 1 saturated heterocycles. The Bertz CT molecular complexity index is 708. The number of amides is 2. The molecular weight excluding hydrogens is 417 g/mol. The third-order valence-electron chi connectivity index (χ3n) is 2.97. The first-order valence-corrected chi connectivity index (χ1v) is 8.99. The van der Waals surface area contributed by atoms with E-state index in [0.717, 1.165) is 26.5 Å². The first kappa shape index (κ1) is 14.8. The van der Waals surface area contributed by atoms with Gasteiger partial charge in [0.05, 0.1) is 11.4 Å². The van der Waals surface area contributed by atoms with Gasteiger partial charge in [-0.2, -0.15) is 11.3 Å². The molecule has 2 aromatic rings. The van der Waals surface area contributed by atoms with Gasteiger partial charge in [0.15, 0.2) is 0 Å². The molecule has 3 nitrogen and oxygen atoms in total. The van der Waals surface area contributed by atoms with Gasteiger partial charge in [0.2, 0.25) is 0 Å². The van der Waals surface area contributed by atoms with E-state index in [-0.39, 0.29) is 11.1 Å². The van der Waals surface area contributed by atoms with Crippen LogP contribution in [0.15, 0.2) is 46.0 Å². The molecule has 0 saturated carbocycles. The Morgan fingerprint density at radius 3 is 2.57 bits per heavy atom. The van der Waals surface area contributed by atoms with Crippen molar-refractivity contribution >= 4 is 62.9 Å². The number of benzene rings is 1. The van der Waals surface area contributed by atoms with Crippen molar-refractivity contribution in [1.82, 2.24) is 4.90 Å². The minimum Gasteiger partial charge on any atom is -0.268 e. The standard InChI is InChI=1S/C15H10INO2S2/c16-12-3-1-10(2-4-12)8-17-14(18)13(21-15(17)19)7-11-5-6-20-9-11/h1-7,9H,8H2/b13-7-. The second kappa shape index (κ2) is 6.33. The van der Waals surface area contributed by atoms with Gasteiger partial charge in [-0.15, -0.1) is 0 Å². The Hall–Kier alpha value is -1.12. The molecule has 1 fully saturated rings. The van der Waals surface area contributed by atoms with Crippen molar-refractivity contribution in [2.45, 2.75) is 6.54 Å². The molecule has 3 rings (SSSR count). The SMILES string of the molecule is O=C1S/C(=C\c2ccsc2)C(=O)N1Cc1ccc(I)cc1. The fourth-order valence-corrected chi connectivity index (χ4v) is 3.73. The molecule has 21 heavy (non-hydrogen) atoms. The van der Waals surface area contributed by atoms with E-state index in [9.17, 15) is 9.59 Å². The molecule has 0 unspecified atom stereocenters. The fourth-order valence-electron chi connectivity index (χ4n) is 1.92. The number of thioether (sulfide) groups is 1. The number of hydrogen-bond acceptors (Lipinski definition) is 4. The Morgan fingerprint density at radius 2 is 1.90 bits per heavy atom. The van der Waals surface area contributed by atoms with Crippen molar-refractivity contribution in [1.29, 1.82) is 0 Å². The van der Waals surface area contributed by atoms with Gasteiger partial charge in [-0.1, -0.05) is 12.1 Å². The summed E-state index contributed by atoms with van der Waals surface area (Å²) in [7, 11) is 0. The summed E-state index contributed by atoms with van der Waals surface area (Å²) >= 11 is 4.79. The lowest BCUT2D eigenvalue weighted by atomic mass is 10.2. The van der Waals surface area contributed by atoms with E-state index in [2.05, 4.69) is 22.6 Å². The van der Waals surface area contributed by atoms with E-state index < -0.39 is 0 Å². The van der Waals surface area contributed by atoms with E-state index in [4.69, 9.17) is 0 Å². The Labute approximate surface area is 144 Å². The number of rotatable bonds is 3. The van der Waals surface area contributed by atoms with Crippen molar-refractivity contribution in [2.75, 3.05) is 0 Å². The van der Waals surface area contributed by atoms with Gasteiger partial charge in [-0.25, -0.2) is 0 Å². The number of halogens is 1. The second-order valence-electron chi connectivity index (χ2n) is 4.45. The third kappa shape index (κ3) is 3.38. The van der Waals surface area contributed by atoms with Crippen LogP contribution in [0.25, 0.3) is 6.08 Å². The van der Waals surface area contributed by atoms with Crippen LogP contribution in [0.3, 0.4) is 0 Å². The van der Waals surface area contributed by atoms with E-state index >= 15 is 0 Å². The van der Waals surface area contributed by atoms with Crippen LogP contribution in [-0.2, 0) is 11.3 Å². The van der Waals surface area contributed by atoms with E-state index in [1.54, 1.807) is 17.4 Å². The molecule has 0 bridgehead atoms. The zero-order chi connectivity index (χ0) is 14.8. The number of nitrogens with zero attached hydrogens (tertiary/aromatic N) is 1. The Morgan fingerprint density at radius 1 is 1.14 bits per heavy atom. The highest BCUT2D eigenvalue weighted by atomic mass is 127. The van der Waals surface area contributed by atoms with Crippen molar-refractivity contribution in [3.05, 3.63) is 60.7 Å². The summed E-state index contributed by atoms with van der Waals surface area (Å²) in [6, 6.07) is 9.74. The molecule has 0 atom stereocenters. The van der Waals surface area contributed by atoms with Crippen molar-refractivity contribution in [3.63, 3.8) is 0 Å². The van der Waals surface area contributed by atoms with Gasteiger partial charge in [-0.3, -0.25) is 14.5 Å². The summed E-state index contributed by atoms with van der Waals surface area (Å²) in [6.07, 6.45) is 1.77. The Balaban J connectivity index is 1.79. The zero-order valence-electron chi connectivity index (χ0n) is 10.8. The number of carbonyl (C=O) groups is 2. The molecule has 0 N–H and O–H groups in total. The van der Waals surface area contributed by atoms with Gasteiger partial charge in [0, 0.05) is 3.57 Å². The number of imide groups is 1. The van der Waals surface area contributed by atoms with Crippen LogP contribution in [0.1, 0.15) is 11.1 Å². The summed E-state index contributed by atoms with van der Waals surface area (Å²) in [5.74, 6) is -0.213.